The first kappa shape index (κ1) is 30.1. The van der Waals surface area contributed by atoms with Crippen LogP contribution in [0, 0.1) is 11.3 Å². The summed E-state index contributed by atoms with van der Waals surface area (Å²) in [6.45, 7) is 13.7. The summed E-state index contributed by atoms with van der Waals surface area (Å²) in [6, 6.07) is 4.94. The summed E-state index contributed by atoms with van der Waals surface area (Å²) in [4.78, 5) is 17.4. The van der Waals surface area contributed by atoms with Gasteiger partial charge in [0.05, 0.1) is 24.3 Å². The van der Waals surface area contributed by atoms with Crippen LogP contribution in [0.25, 0.3) is 0 Å². The van der Waals surface area contributed by atoms with Crippen LogP contribution in [0.2, 0.25) is 0 Å². The van der Waals surface area contributed by atoms with Crippen molar-refractivity contribution in [1.82, 2.24) is 20.8 Å². The second-order valence-corrected chi connectivity index (χ2v) is 12.7. The van der Waals surface area contributed by atoms with Gasteiger partial charge in [0.25, 0.3) is 5.91 Å². The van der Waals surface area contributed by atoms with Crippen molar-refractivity contribution < 1.29 is 19.2 Å². The molecule has 0 unspecified atom stereocenters. The topological polar surface area (TPSA) is 110 Å². The summed E-state index contributed by atoms with van der Waals surface area (Å²) in [5, 5.41) is 22.1. The molecule has 212 valence electrons. The Bertz CT molecular complexity index is 1010. The Hall–Kier alpha value is -2.45. The molecular weight excluding hydrogens is 480 g/mol. The minimum Gasteiger partial charge on any atom is -0.478 e. The molecular formula is C30H48N4O4. The molecule has 0 spiro atoms. The van der Waals surface area contributed by atoms with E-state index in [0.717, 1.165) is 43.6 Å². The fourth-order valence-electron chi connectivity index (χ4n) is 4.85. The van der Waals surface area contributed by atoms with Crippen molar-refractivity contribution in [2.24, 2.45) is 11.3 Å². The van der Waals surface area contributed by atoms with Crippen molar-refractivity contribution >= 4 is 5.91 Å². The molecule has 2 aromatic heterocycles. The number of hydrogen-bond acceptors (Lipinski definition) is 7. The Kier molecular flexibility index (Phi) is 10.7. The van der Waals surface area contributed by atoms with Crippen LogP contribution < -0.4 is 15.4 Å². The van der Waals surface area contributed by atoms with Gasteiger partial charge in [-0.25, -0.2) is 4.98 Å². The Balaban J connectivity index is 1.70. The average molecular weight is 529 g/mol. The lowest BCUT2D eigenvalue weighted by molar-refractivity contribution is 0.0769. The summed E-state index contributed by atoms with van der Waals surface area (Å²) >= 11 is 0. The molecule has 3 heterocycles. The van der Waals surface area contributed by atoms with Crippen molar-refractivity contribution in [2.45, 2.75) is 111 Å². The molecule has 2 aromatic rings. The lowest BCUT2D eigenvalue weighted by atomic mass is 9.90. The fraction of sp³-hybridized carbons (Fsp3) is 0.700. The van der Waals surface area contributed by atoms with Gasteiger partial charge in [-0.15, -0.1) is 0 Å². The molecule has 1 aliphatic heterocycles. The molecule has 0 fully saturated rings. The van der Waals surface area contributed by atoms with Gasteiger partial charge in [0, 0.05) is 36.9 Å². The number of amides is 1. The van der Waals surface area contributed by atoms with Crippen LogP contribution in [0.15, 0.2) is 28.9 Å². The predicted octanol–water partition coefficient (Wildman–Crippen LogP) is 5.40. The van der Waals surface area contributed by atoms with Gasteiger partial charge in [0.15, 0.2) is 0 Å². The first-order valence-electron chi connectivity index (χ1n) is 14.2. The molecule has 8 heteroatoms. The molecule has 38 heavy (non-hydrogen) atoms. The number of nitrogens with one attached hydrogen (secondary N) is 2. The monoisotopic (exact) mass is 528 g/mol. The van der Waals surface area contributed by atoms with Gasteiger partial charge in [0.1, 0.15) is 11.5 Å². The van der Waals surface area contributed by atoms with Crippen LogP contribution in [0.4, 0.5) is 0 Å². The van der Waals surface area contributed by atoms with E-state index in [9.17, 15) is 9.90 Å². The number of carbonyl (C=O) groups is 1. The van der Waals surface area contributed by atoms with Crippen LogP contribution in [0.1, 0.15) is 108 Å². The number of carbonyl (C=O) groups excluding carboxylic acids is 1. The maximum absolute atomic E-state index is 13.2. The van der Waals surface area contributed by atoms with E-state index in [0.29, 0.717) is 36.9 Å². The van der Waals surface area contributed by atoms with Crippen LogP contribution >= 0.6 is 0 Å². The molecule has 0 aromatic carbocycles. The van der Waals surface area contributed by atoms with Crippen LogP contribution in [0.3, 0.4) is 0 Å². The standard InChI is InChI=1S/C30H48N4O4/c1-21-12-10-8-7-9-11-15-37-27-17-22(13-14-31-27)28(36)33-24(16-21)25(35)20-32-30(5,6)26-18-23(38-34-26)19-29(2,3)4/h13-14,17-18,21,24-25,32,35H,7-12,15-16,19-20H2,1-6H3,(H,33,36)/t21-,24+,25-/m1/s1. The Labute approximate surface area is 228 Å². The summed E-state index contributed by atoms with van der Waals surface area (Å²) in [7, 11) is 0. The zero-order valence-corrected chi connectivity index (χ0v) is 24.2. The second-order valence-electron chi connectivity index (χ2n) is 12.7. The third-order valence-electron chi connectivity index (χ3n) is 7.18. The van der Waals surface area contributed by atoms with E-state index in [2.05, 4.69) is 48.5 Å². The molecule has 0 aliphatic carbocycles. The summed E-state index contributed by atoms with van der Waals surface area (Å²) in [5.74, 6) is 1.45. The first-order chi connectivity index (χ1) is 17.9. The third-order valence-corrected chi connectivity index (χ3v) is 7.18. The fourth-order valence-corrected chi connectivity index (χ4v) is 4.85. The summed E-state index contributed by atoms with van der Waals surface area (Å²) in [5.41, 5.74) is 0.870. The van der Waals surface area contributed by atoms with Crippen LogP contribution in [0.5, 0.6) is 5.88 Å². The number of hydrogen-bond donors (Lipinski definition) is 3. The second kappa shape index (κ2) is 13.6. The molecule has 8 nitrogen and oxygen atoms in total. The zero-order chi connectivity index (χ0) is 27.8. The third kappa shape index (κ3) is 9.70. The van der Waals surface area contributed by atoms with Crippen LogP contribution in [-0.2, 0) is 12.0 Å². The summed E-state index contributed by atoms with van der Waals surface area (Å²) < 4.78 is 11.4. The number of aromatic nitrogens is 2. The predicted molar refractivity (Wildman–Crippen MR) is 149 cm³/mol. The summed E-state index contributed by atoms with van der Waals surface area (Å²) in [6.07, 6.45) is 9.01. The number of aliphatic hydroxyl groups is 1. The van der Waals surface area contributed by atoms with Gasteiger partial charge in [-0.3, -0.25) is 4.79 Å². The molecule has 1 amide bonds. The van der Waals surface area contributed by atoms with Gasteiger partial charge in [-0.05, 0) is 44.1 Å². The molecule has 0 saturated carbocycles. The quantitative estimate of drug-likeness (QED) is 0.460. The first-order valence-corrected chi connectivity index (χ1v) is 14.2. The minimum absolute atomic E-state index is 0.103. The Morgan fingerprint density at radius 1 is 1.13 bits per heavy atom. The molecule has 0 radical (unpaired) electrons. The highest BCUT2D eigenvalue weighted by molar-refractivity contribution is 5.94. The van der Waals surface area contributed by atoms with Gasteiger partial charge in [-0.2, -0.15) is 0 Å². The normalized spacial score (nSPS) is 21.4. The number of ether oxygens (including phenoxy) is 1. The molecule has 0 saturated heterocycles. The number of pyridine rings is 1. The highest BCUT2D eigenvalue weighted by atomic mass is 16.5. The van der Waals surface area contributed by atoms with Crippen molar-refractivity contribution in [3.63, 3.8) is 0 Å². The largest absolute Gasteiger partial charge is 0.478 e. The highest BCUT2D eigenvalue weighted by Crippen LogP contribution is 2.26. The van der Waals surface area contributed by atoms with E-state index in [4.69, 9.17) is 9.26 Å². The lowest BCUT2D eigenvalue weighted by Gasteiger charge is -2.31. The van der Waals surface area contributed by atoms with E-state index in [1.807, 2.05) is 19.9 Å². The molecule has 3 N–H and O–H groups in total. The maximum atomic E-state index is 13.2. The zero-order valence-electron chi connectivity index (χ0n) is 24.2. The van der Waals surface area contributed by atoms with Crippen molar-refractivity contribution in [2.75, 3.05) is 13.2 Å². The molecule has 3 rings (SSSR count). The molecule has 1 aliphatic rings. The van der Waals surface area contributed by atoms with Crippen LogP contribution in [-0.4, -0.2) is 46.5 Å². The van der Waals surface area contributed by atoms with Gasteiger partial charge in [0.2, 0.25) is 5.88 Å². The van der Waals surface area contributed by atoms with Crippen molar-refractivity contribution in [1.29, 1.82) is 0 Å². The van der Waals surface area contributed by atoms with E-state index in [1.165, 1.54) is 12.8 Å². The van der Waals surface area contributed by atoms with Gasteiger partial charge in [-0.1, -0.05) is 65.0 Å². The molecule has 2 bridgehead atoms. The maximum Gasteiger partial charge on any atom is 0.251 e. The van der Waals surface area contributed by atoms with Crippen molar-refractivity contribution in [3.05, 3.63) is 41.4 Å². The van der Waals surface area contributed by atoms with E-state index < -0.39 is 17.7 Å². The number of aliphatic hydroxyl groups excluding tert-OH is 1. The minimum atomic E-state index is -0.780. The van der Waals surface area contributed by atoms with Gasteiger partial charge >= 0.3 is 0 Å². The number of rotatable bonds is 6. The molecule has 3 atom stereocenters. The SMILES string of the molecule is C[C@@H]1CCCCCCCOc2cc(ccn2)C(=O)N[C@H]([C@H](O)CNC(C)(C)c2cc(CC(C)(C)C)on2)C1. The number of fused-ring (bicyclic) bond motifs is 2. The smallest absolute Gasteiger partial charge is 0.251 e. The lowest BCUT2D eigenvalue weighted by Crippen LogP contribution is -2.51. The van der Waals surface area contributed by atoms with E-state index in [1.54, 1.807) is 18.3 Å². The highest BCUT2D eigenvalue weighted by Gasteiger charge is 2.30. The van der Waals surface area contributed by atoms with Gasteiger partial charge < -0.3 is 25.0 Å². The Morgan fingerprint density at radius 2 is 1.87 bits per heavy atom. The van der Waals surface area contributed by atoms with E-state index >= 15 is 0 Å². The van der Waals surface area contributed by atoms with E-state index in [-0.39, 0.29) is 11.3 Å². The van der Waals surface area contributed by atoms with Crippen molar-refractivity contribution in [3.8, 4) is 5.88 Å². The Morgan fingerprint density at radius 3 is 2.63 bits per heavy atom. The average Bonchev–Trinajstić information content (AvgIpc) is 3.31. The number of nitrogens with zero attached hydrogens (tertiary/aromatic N) is 2.